The maximum absolute atomic E-state index is 13.2. The van der Waals surface area contributed by atoms with E-state index in [4.69, 9.17) is 13.9 Å². The van der Waals surface area contributed by atoms with Crippen molar-refractivity contribution in [1.82, 2.24) is 0 Å². The maximum atomic E-state index is 13.2. The lowest BCUT2D eigenvalue weighted by atomic mass is 9.98. The summed E-state index contributed by atoms with van der Waals surface area (Å²) in [7, 11) is 0. The summed E-state index contributed by atoms with van der Waals surface area (Å²) < 4.78 is 16.7. The summed E-state index contributed by atoms with van der Waals surface area (Å²) in [5.41, 5.74) is 2.77. The van der Waals surface area contributed by atoms with E-state index < -0.39 is 17.7 Å². The van der Waals surface area contributed by atoms with Crippen LogP contribution in [0, 0.1) is 13.8 Å². The quantitative estimate of drug-likeness (QED) is 0.378. The van der Waals surface area contributed by atoms with Gasteiger partial charge in [0.25, 0.3) is 11.7 Å². The number of aliphatic hydroxyl groups is 1. The van der Waals surface area contributed by atoms with Crippen molar-refractivity contribution in [3.05, 3.63) is 82.8 Å². The molecule has 1 unspecified atom stereocenters. The zero-order valence-electron chi connectivity index (χ0n) is 17.6. The van der Waals surface area contributed by atoms with Gasteiger partial charge in [-0.15, -0.1) is 0 Å². The van der Waals surface area contributed by atoms with Crippen LogP contribution in [0.4, 0.5) is 5.69 Å². The fraction of sp³-hybridized carbons (Fsp3) is 0.200. The molecule has 2 aliphatic heterocycles. The average molecular weight is 431 g/mol. The van der Waals surface area contributed by atoms with Crippen LogP contribution in [0.25, 0.3) is 5.76 Å². The van der Waals surface area contributed by atoms with Crippen molar-refractivity contribution < 1.29 is 28.6 Å². The minimum absolute atomic E-state index is 0.0409. The van der Waals surface area contributed by atoms with E-state index in [0.717, 1.165) is 11.1 Å². The number of ether oxygens (including phenoxy) is 2. The SMILES string of the molecule is Cc1cc(C)cc(N2C(=O)C(=O)/C(=C(\O)c3ccc4c(c3)OCCO4)C2c2ccco2)c1. The normalized spacial score (nSPS) is 19.4. The third kappa shape index (κ3) is 3.22. The number of furan rings is 1. The molecule has 32 heavy (non-hydrogen) atoms. The van der Waals surface area contributed by atoms with Crippen LogP contribution in [-0.2, 0) is 9.59 Å². The van der Waals surface area contributed by atoms with Crippen LogP contribution in [0.2, 0.25) is 0 Å². The minimum atomic E-state index is -0.903. The lowest BCUT2D eigenvalue weighted by molar-refractivity contribution is -0.132. The molecule has 7 heteroatoms. The van der Waals surface area contributed by atoms with Crippen LogP contribution in [0.3, 0.4) is 0 Å². The summed E-state index contributed by atoms with van der Waals surface area (Å²) in [6.45, 7) is 4.67. The standard InChI is InChI=1S/C25H21NO6/c1-14-10-15(2)12-17(11-14)26-22(19-4-3-7-30-19)21(24(28)25(26)29)23(27)16-5-6-18-20(13-16)32-9-8-31-18/h3-7,10-13,22,27H,8-9H2,1-2H3/b23-21-. The first kappa shape index (κ1) is 19.9. The number of rotatable bonds is 3. The van der Waals surface area contributed by atoms with E-state index >= 15 is 0 Å². The van der Waals surface area contributed by atoms with E-state index in [1.165, 1.54) is 11.2 Å². The van der Waals surface area contributed by atoms with Crippen LogP contribution in [0.1, 0.15) is 28.5 Å². The molecule has 0 saturated carbocycles. The zero-order chi connectivity index (χ0) is 22.4. The molecular formula is C25H21NO6. The molecule has 2 aliphatic rings. The lowest BCUT2D eigenvalue weighted by Gasteiger charge is -2.24. The molecule has 3 aromatic rings. The van der Waals surface area contributed by atoms with Gasteiger partial charge in [0, 0.05) is 11.3 Å². The van der Waals surface area contributed by atoms with Crippen LogP contribution < -0.4 is 14.4 Å². The Balaban J connectivity index is 1.68. The molecule has 0 radical (unpaired) electrons. The Morgan fingerprint density at radius 2 is 1.69 bits per heavy atom. The number of carbonyl (C=O) groups excluding carboxylic acids is 2. The molecular weight excluding hydrogens is 410 g/mol. The summed E-state index contributed by atoms with van der Waals surface area (Å²) in [6, 6.07) is 13.0. The number of Topliss-reactive ketones (excluding diaryl/α,β-unsaturated/α-hetero) is 1. The summed E-state index contributed by atoms with van der Waals surface area (Å²) in [5, 5.41) is 11.2. The number of amides is 1. The fourth-order valence-corrected chi connectivity index (χ4v) is 4.25. The van der Waals surface area contributed by atoms with Crippen molar-refractivity contribution in [3.63, 3.8) is 0 Å². The highest BCUT2D eigenvalue weighted by atomic mass is 16.6. The number of carbonyl (C=O) groups is 2. The molecule has 1 N–H and O–H groups in total. The van der Waals surface area contributed by atoms with Crippen molar-refractivity contribution in [2.45, 2.75) is 19.9 Å². The number of aliphatic hydroxyl groups excluding tert-OH is 1. The van der Waals surface area contributed by atoms with E-state index in [2.05, 4.69) is 0 Å². The second kappa shape index (κ2) is 7.60. The first-order chi connectivity index (χ1) is 15.4. The largest absolute Gasteiger partial charge is 0.507 e. The maximum Gasteiger partial charge on any atom is 0.300 e. The highest BCUT2D eigenvalue weighted by Gasteiger charge is 2.48. The minimum Gasteiger partial charge on any atom is -0.507 e. The predicted octanol–water partition coefficient (Wildman–Crippen LogP) is 4.29. The molecule has 1 amide bonds. The number of nitrogens with zero attached hydrogens (tertiary/aromatic N) is 1. The second-order valence-electron chi connectivity index (χ2n) is 7.89. The van der Waals surface area contributed by atoms with Crippen LogP contribution in [-0.4, -0.2) is 30.0 Å². The van der Waals surface area contributed by atoms with E-state index in [1.54, 1.807) is 30.3 Å². The van der Waals surface area contributed by atoms with Crippen molar-refractivity contribution in [2.75, 3.05) is 18.1 Å². The van der Waals surface area contributed by atoms with Gasteiger partial charge in [-0.2, -0.15) is 0 Å². The van der Waals surface area contributed by atoms with Crippen LogP contribution >= 0.6 is 0 Å². The van der Waals surface area contributed by atoms with Gasteiger partial charge >= 0.3 is 0 Å². The Bertz CT molecular complexity index is 1240. The number of aryl methyl sites for hydroxylation is 2. The number of fused-ring (bicyclic) bond motifs is 1. The Hall–Kier alpha value is -4.00. The van der Waals surface area contributed by atoms with Gasteiger partial charge in [-0.1, -0.05) is 6.07 Å². The van der Waals surface area contributed by atoms with Gasteiger partial charge in [0.2, 0.25) is 0 Å². The number of hydrogen-bond donors (Lipinski definition) is 1. The topological polar surface area (TPSA) is 89.2 Å². The van der Waals surface area contributed by atoms with Gasteiger partial charge in [0.1, 0.15) is 30.8 Å². The van der Waals surface area contributed by atoms with Crippen molar-refractivity contribution >= 4 is 23.1 Å². The molecule has 7 nitrogen and oxygen atoms in total. The summed E-state index contributed by atoms with van der Waals surface area (Å²) >= 11 is 0. The molecule has 1 fully saturated rings. The van der Waals surface area contributed by atoms with Gasteiger partial charge in [-0.3, -0.25) is 14.5 Å². The predicted molar refractivity (Wildman–Crippen MR) is 117 cm³/mol. The van der Waals surface area contributed by atoms with Crippen molar-refractivity contribution in [2.24, 2.45) is 0 Å². The van der Waals surface area contributed by atoms with E-state index in [0.29, 0.717) is 41.7 Å². The van der Waals surface area contributed by atoms with Crippen LogP contribution in [0.5, 0.6) is 11.5 Å². The molecule has 1 aromatic heterocycles. The first-order valence-corrected chi connectivity index (χ1v) is 10.3. The zero-order valence-corrected chi connectivity index (χ0v) is 17.6. The Kier molecular flexibility index (Phi) is 4.74. The number of benzene rings is 2. The van der Waals surface area contributed by atoms with E-state index in [-0.39, 0.29) is 11.3 Å². The molecule has 162 valence electrons. The molecule has 0 spiro atoms. The average Bonchev–Trinajstić information content (AvgIpc) is 3.39. The Labute approximate surface area is 184 Å². The molecule has 1 saturated heterocycles. The highest BCUT2D eigenvalue weighted by Crippen LogP contribution is 2.43. The Morgan fingerprint density at radius 3 is 2.38 bits per heavy atom. The van der Waals surface area contributed by atoms with Gasteiger partial charge in [-0.25, -0.2) is 0 Å². The fourth-order valence-electron chi connectivity index (χ4n) is 4.25. The Morgan fingerprint density at radius 1 is 0.969 bits per heavy atom. The van der Waals surface area contributed by atoms with Crippen molar-refractivity contribution in [1.29, 1.82) is 0 Å². The van der Waals surface area contributed by atoms with Gasteiger partial charge in [0.15, 0.2) is 11.5 Å². The monoisotopic (exact) mass is 431 g/mol. The van der Waals surface area contributed by atoms with Gasteiger partial charge in [0.05, 0.1) is 11.8 Å². The molecule has 5 rings (SSSR count). The first-order valence-electron chi connectivity index (χ1n) is 10.3. The lowest BCUT2D eigenvalue weighted by Crippen LogP contribution is -2.29. The number of hydrogen-bond acceptors (Lipinski definition) is 6. The molecule has 2 aromatic carbocycles. The van der Waals surface area contributed by atoms with Gasteiger partial charge in [-0.05, 0) is 67.4 Å². The summed E-state index contributed by atoms with van der Waals surface area (Å²) in [5.74, 6) is -0.394. The molecule has 0 bridgehead atoms. The molecule has 1 atom stereocenters. The number of ketones is 1. The van der Waals surface area contributed by atoms with Gasteiger partial charge < -0.3 is 19.0 Å². The number of anilines is 1. The van der Waals surface area contributed by atoms with E-state index in [1.807, 2.05) is 32.0 Å². The highest BCUT2D eigenvalue weighted by molar-refractivity contribution is 6.51. The third-order valence-corrected chi connectivity index (χ3v) is 5.56. The van der Waals surface area contributed by atoms with Crippen LogP contribution in [0.15, 0.2) is 64.8 Å². The molecule has 3 heterocycles. The van der Waals surface area contributed by atoms with Crippen molar-refractivity contribution in [3.8, 4) is 11.5 Å². The smallest absolute Gasteiger partial charge is 0.300 e. The third-order valence-electron chi connectivity index (χ3n) is 5.56. The van der Waals surface area contributed by atoms with E-state index in [9.17, 15) is 14.7 Å². The summed E-state index contributed by atoms with van der Waals surface area (Å²) in [4.78, 5) is 27.7. The summed E-state index contributed by atoms with van der Waals surface area (Å²) in [6.07, 6.45) is 1.47. The molecule has 0 aliphatic carbocycles. The second-order valence-corrected chi connectivity index (χ2v) is 7.89.